The number of carbonyl (C=O) groups excluding carboxylic acids is 1. The van der Waals surface area contributed by atoms with E-state index in [0.717, 1.165) is 12.8 Å². The lowest BCUT2D eigenvalue weighted by molar-refractivity contribution is -0.145. The standard InChI is InChI=1S/C14H26O5/c1-3-12(9-8-11(2)15)10-19-14(18)7-5-4-6-13(16)17/h11-12,15H,3-10H2,1-2H3,(H,16,17). The van der Waals surface area contributed by atoms with Gasteiger partial charge in [-0.3, -0.25) is 9.59 Å². The molecule has 0 saturated heterocycles. The molecule has 0 aliphatic heterocycles. The maximum Gasteiger partial charge on any atom is 0.305 e. The number of aliphatic carboxylic acids is 1. The summed E-state index contributed by atoms with van der Waals surface area (Å²) in [7, 11) is 0. The van der Waals surface area contributed by atoms with E-state index < -0.39 is 5.97 Å². The van der Waals surface area contributed by atoms with Crippen LogP contribution in [0.1, 0.15) is 58.8 Å². The van der Waals surface area contributed by atoms with Crippen molar-refractivity contribution in [2.75, 3.05) is 6.61 Å². The zero-order valence-corrected chi connectivity index (χ0v) is 11.9. The number of rotatable bonds is 11. The first-order valence-electron chi connectivity index (χ1n) is 7.01. The topological polar surface area (TPSA) is 83.8 Å². The van der Waals surface area contributed by atoms with Gasteiger partial charge in [-0.2, -0.15) is 0 Å². The molecule has 5 heteroatoms. The second-order valence-electron chi connectivity index (χ2n) is 4.98. The molecule has 0 aliphatic rings. The van der Waals surface area contributed by atoms with Crippen molar-refractivity contribution in [1.29, 1.82) is 0 Å². The Morgan fingerprint density at radius 3 is 2.32 bits per heavy atom. The van der Waals surface area contributed by atoms with Crippen molar-refractivity contribution in [3.63, 3.8) is 0 Å². The van der Waals surface area contributed by atoms with Crippen LogP contribution in [0.25, 0.3) is 0 Å². The molecule has 0 radical (unpaired) electrons. The second kappa shape index (κ2) is 10.8. The van der Waals surface area contributed by atoms with E-state index in [-0.39, 0.29) is 30.8 Å². The molecular weight excluding hydrogens is 248 g/mol. The van der Waals surface area contributed by atoms with E-state index in [0.29, 0.717) is 25.9 Å². The smallest absolute Gasteiger partial charge is 0.305 e. The van der Waals surface area contributed by atoms with Crippen molar-refractivity contribution in [2.45, 2.75) is 64.9 Å². The van der Waals surface area contributed by atoms with Gasteiger partial charge in [0.25, 0.3) is 0 Å². The van der Waals surface area contributed by atoms with Crippen molar-refractivity contribution >= 4 is 11.9 Å². The molecule has 0 aromatic rings. The van der Waals surface area contributed by atoms with Gasteiger partial charge >= 0.3 is 11.9 Å². The Hall–Kier alpha value is -1.10. The van der Waals surface area contributed by atoms with Gasteiger partial charge in [0.15, 0.2) is 0 Å². The van der Waals surface area contributed by atoms with E-state index >= 15 is 0 Å². The fourth-order valence-electron chi connectivity index (χ4n) is 1.71. The summed E-state index contributed by atoms with van der Waals surface area (Å²) in [5.41, 5.74) is 0. The van der Waals surface area contributed by atoms with Crippen LogP contribution in [0.4, 0.5) is 0 Å². The first-order chi connectivity index (χ1) is 8.95. The molecule has 0 spiro atoms. The Bertz CT molecular complexity index is 263. The Morgan fingerprint density at radius 1 is 1.16 bits per heavy atom. The quantitative estimate of drug-likeness (QED) is 0.446. The van der Waals surface area contributed by atoms with Crippen molar-refractivity contribution in [1.82, 2.24) is 0 Å². The molecule has 0 amide bonds. The van der Waals surface area contributed by atoms with Crippen LogP contribution in [0, 0.1) is 5.92 Å². The molecule has 2 unspecified atom stereocenters. The molecule has 2 atom stereocenters. The average molecular weight is 274 g/mol. The highest BCUT2D eigenvalue weighted by molar-refractivity contribution is 5.69. The third kappa shape index (κ3) is 11.7. The zero-order valence-electron chi connectivity index (χ0n) is 11.9. The number of carboxylic acids is 1. The van der Waals surface area contributed by atoms with E-state index in [1.165, 1.54) is 0 Å². The lowest BCUT2D eigenvalue weighted by Crippen LogP contribution is -2.15. The monoisotopic (exact) mass is 274 g/mol. The largest absolute Gasteiger partial charge is 0.481 e. The van der Waals surface area contributed by atoms with Crippen LogP contribution in [-0.4, -0.2) is 34.9 Å². The van der Waals surface area contributed by atoms with Gasteiger partial charge in [0.2, 0.25) is 0 Å². The summed E-state index contributed by atoms with van der Waals surface area (Å²) in [6.07, 6.45) is 3.59. The van der Waals surface area contributed by atoms with Gasteiger partial charge in [-0.25, -0.2) is 0 Å². The fraction of sp³-hybridized carbons (Fsp3) is 0.857. The first-order valence-corrected chi connectivity index (χ1v) is 7.01. The molecule has 0 bridgehead atoms. The Labute approximate surface area is 115 Å². The number of aliphatic hydroxyl groups is 1. The van der Waals surface area contributed by atoms with Crippen molar-refractivity contribution in [3.05, 3.63) is 0 Å². The summed E-state index contributed by atoms with van der Waals surface area (Å²) in [6, 6.07) is 0. The molecule has 5 nitrogen and oxygen atoms in total. The van der Waals surface area contributed by atoms with Crippen molar-refractivity contribution in [3.8, 4) is 0 Å². The minimum absolute atomic E-state index is 0.0965. The molecule has 0 aromatic carbocycles. The Balaban J connectivity index is 3.65. The number of unbranched alkanes of at least 4 members (excludes halogenated alkanes) is 1. The number of carboxylic acid groups (broad SMARTS) is 1. The summed E-state index contributed by atoms with van der Waals surface area (Å²) in [5.74, 6) is -0.809. The van der Waals surface area contributed by atoms with Crippen molar-refractivity contribution < 1.29 is 24.5 Å². The van der Waals surface area contributed by atoms with Gasteiger partial charge < -0.3 is 14.9 Å². The summed E-state index contributed by atoms with van der Waals surface area (Å²) < 4.78 is 5.17. The van der Waals surface area contributed by atoms with Crippen LogP contribution in [0.3, 0.4) is 0 Å². The Kier molecular flexibility index (Phi) is 10.2. The van der Waals surface area contributed by atoms with Gasteiger partial charge in [-0.05, 0) is 38.5 Å². The van der Waals surface area contributed by atoms with E-state index in [4.69, 9.17) is 9.84 Å². The van der Waals surface area contributed by atoms with Crippen LogP contribution in [0.2, 0.25) is 0 Å². The summed E-state index contributed by atoms with van der Waals surface area (Å²) in [4.78, 5) is 21.7. The lowest BCUT2D eigenvalue weighted by atomic mass is 10.00. The van der Waals surface area contributed by atoms with E-state index in [2.05, 4.69) is 0 Å². The number of hydrogen-bond donors (Lipinski definition) is 2. The molecule has 0 aliphatic carbocycles. The van der Waals surface area contributed by atoms with Crippen LogP contribution in [0.5, 0.6) is 0 Å². The van der Waals surface area contributed by atoms with Gasteiger partial charge in [0, 0.05) is 12.8 Å². The summed E-state index contributed by atoms with van der Waals surface area (Å²) >= 11 is 0. The SMILES string of the molecule is CCC(CCC(C)O)COC(=O)CCCCC(=O)O. The highest BCUT2D eigenvalue weighted by Crippen LogP contribution is 2.14. The zero-order chi connectivity index (χ0) is 14.7. The first kappa shape index (κ1) is 17.9. The summed E-state index contributed by atoms with van der Waals surface area (Å²) in [5, 5.41) is 17.7. The van der Waals surface area contributed by atoms with Crippen LogP contribution in [0.15, 0.2) is 0 Å². The predicted octanol–water partition coefficient (Wildman–Crippen LogP) is 2.36. The molecule has 0 rings (SSSR count). The molecular formula is C14H26O5. The third-order valence-electron chi connectivity index (χ3n) is 3.07. The van der Waals surface area contributed by atoms with Crippen molar-refractivity contribution in [2.24, 2.45) is 5.92 Å². The highest BCUT2D eigenvalue weighted by Gasteiger charge is 2.11. The normalized spacial score (nSPS) is 13.8. The van der Waals surface area contributed by atoms with Crippen LogP contribution in [-0.2, 0) is 14.3 Å². The third-order valence-corrected chi connectivity index (χ3v) is 3.07. The Morgan fingerprint density at radius 2 is 1.79 bits per heavy atom. The minimum atomic E-state index is -0.836. The van der Waals surface area contributed by atoms with Crippen LogP contribution < -0.4 is 0 Å². The maximum absolute atomic E-state index is 11.4. The van der Waals surface area contributed by atoms with E-state index in [1.807, 2.05) is 6.92 Å². The fourth-order valence-corrected chi connectivity index (χ4v) is 1.71. The number of carbonyl (C=O) groups is 2. The second-order valence-corrected chi connectivity index (χ2v) is 4.98. The molecule has 0 saturated carbocycles. The molecule has 0 aromatic heterocycles. The molecule has 0 heterocycles. The molecule has 19 heavy (non-hydrogen) atoms. The maximum atomic E-state index is 11.4. The highest BCUT2D eigenvalue weighted by atomic mass is 16.5. The summed E-state index contributed by atoms with van der Waals surface area (Å²) in [6.45, 7) is 4.18. The predicted molar refractivity (Wildman–Crippen MR) is 71.8 cm³/mol. The molecule has 0 fully saturated rings. The molecule has 112 valence electrons. The number of ether oxygens (including phenoxy) is 1. The lowest BCUT2D eigenvalue weighted by Gasteiger charge is -2.15. The van der Waals surface area contributed by atoms with Crippen LogP contribution >= 0.6 is 0 Å². The number of aliphatic hydroxyl groups excluding tert-OH is 1. The number of esters is 1. The number of hydrogen-bond acceptors (Lipinski definition) is 4. The van der Waals surface area contributed by atoms with Gasteiger partial charge in [-0.15, -0.1) is 0 Å². The van der Waals surface area contributed by atoms with Gasteiger partial charge in [0.05, 0.1) is 12.7 Å². The average Bonchev–Trinajstić information content (AvgIpc) is 2.34. The van der Waals surface area contributed by atoms with E-state index in [9.17, 15) is 14.7 Å². The van der Waals surface area contributed by atoms with Gasteiger partial charge in [-0.1, -0.05) is 13.3 Å². The minimum Gasteiger partial charge on any atom is -0.481 e. The van der Waals surface area contributed by atoms with Gasteiger partial charge in [0.1, 0.15) is 0 Å². The van der Waals surface area contributed by atoms with E-state index in [1.54, 1.807) is 6.92 Å². The molecule has 2 N–H and O–H groups in total.